The van der Waals surface area contributed by atoms with Crippen LogP contribution in [0.3, 0.4) is 0 Å². The number of carbonyl (C=O) groups is 2. The highest BCUT2D eigenvalue weighted by Gasteiger charge is 2.36. The summed E-state index contributed by atoms with van der Waals surface area (Å²) in [6.07, 6.45) is -0.385. The standard InChI is InChI=1S/C18H15NO4/c20-17(19-9-10-22-15-8-4-3-7-14(15)19)16-11-12-5-1-2-6-13(12)18(21)23-16/h1-8,16H,9-11H2. The van der Waals surface area contributed by atoms with Gasteiger partial charge in [-0.2, -0.15) is 0 Å². The van der Waals surface area contributed by atoms with Gasteiger partial charge in [0.25, 0.3) is 5.91 Å². The van der Waals surface area contributed by atoms with E-state index in [0.717, 1.165) is 11.3 Å². The van der Waals surface area contributed by atoms with Crippen LogP contribution in [0.1, 0.15) is 15.9 Å². The van der Waals surface area contributed by atoms with Gasteiger partial charge in [-0.05, 0) is 23.8 Å². The summed E-state index contributed by atoms with van der Waals surface area (Å²) in [5, 5.41) is 0. The number of para-hydroxylation sites is 2. The second-order valence-electron chi connectivity index (χ2n) is 5.56. The molecule has 0 saturated carbocycles. The predicted octanol–water partition coefficient (Wildman–Crippen LogP) is 2.19. The van der Waals surface area contributed by atoms with E-state index in [0.29, 0.717) is 30.9 Å². The van der Waals surface area contributed by atoms with Crippen LogP contribution in [0.25, 0.3) is 0 Å². The van der Waals surface area contributed by atoms with Gasteiger partial charge in [0.05, 0.1) is 17.8 Å². The molecule has 1 amide bonds. The quantitative estimate of drug-likeness (QED) is 0.758. The molecule has 0 fully saturated rings. The third-order valence-electron chi connectivity index (χ3n) is 4.16. The van der Waals surface area contributed by atoms with E-state index in [1.165, 1.54) is 0 Å². The molecule has 1 atom stereocenters. The lowest BCUT2D eigenvalue weighted by Gasteiger charge is -2.33. The fraction of sp³-hybridized carbons (Fsp3) is 0.222. The number of ether oxygens (including phenoxy) is 2. The van der Waals surface area contributed by atoms with E-state index < -0.39 is 12.1 Å². The van der Waals surface area contributed by atoms with E-state index in [9.17, 15) is 9.59 Å². The van der Waals surface area contributed by atoms with E-state index in [1.807, 2.05) is 36.4 Å². The van der Waals surface area contributed by atoms with Crippen LogP contribution < -0.4 is 9.64 Å². The first-order valence-electron chi connectivity index (χ1n) is 7.56. The number of carbonyl (C=O) groups excluding carboxylic acids is 2. The number of rotatable bonds is 1. The van der Waals surface area contributed by atoms with Gasteiger partial charge in [0.1, 0.15) is 12.4 Å². The van der Waals surface area contributed by atoms with Crippen molar-refractivity contribution in [2.45, 2.75) is 12.5 Å². The van der Waals surface area contributed by atoms with Crippen LogP contribution >= 0.6 is 0 Å². The van der Waals surface area contributed by atoms with Gasteiger partial charge >= 0.3 is 5.97 Å². The molecule has 5 heteroatoms. The first-order chi connectivity index (χ1) is 11.2. The van der Waals surface area contributed by atoms with Crippen molar-refractivity contribution in [2.24, 2.45) is 0 Å². The van der Waals surface area contributed by atoms with Crippen molar-refractivity contribution in [1.82, 2.24) is 0 Å². The SMILES string of the molecule is O=C1OC(C(=O)N2CCOc3ccccc32)Cc2ccccc21. The monoisotopic (exact) mass is 309 g/mol. The number of benzene rings is 2. The lowest BCUT2D eigenvalue weighted by Crippen LogP contribution is -2.47. The minimum absolute atomic E-state index is 0.205. The molecule has 0 bridgehead atoms. The molecule has 1 unspecified atom stereocenters. The minimum Gasteiger partial charge on any atom is -0.490 e. The molecule has 2 aliphatic rings. The van der Waals surface area contributed by atoms with Gasteiger partial charge in [0.2, 0.25) is 0 Å². The maximum Gasteiger partial charge on any atom is 0.339 e. The fourth-order valence-corrected chi connectivity index (χ4v) is 3.04. The number of hydrogen-bond acceptors (Lipinski definition) is 4. The molecule has 2 aromatic rings. The number of hydrogen-bond donors (Lipinski definition) is 0. The predicted molar refractivity (Wildman–Crippen MR) is 83.6 cm³/mol. The summed E-state index contributed by atoms with van der Waals surface area (Å²) < 4.78 is 10.9. The Morgan fingerprint density at radius 3 is 2.78 bits per heavy atom. The van der Waals surface area contributed by atoms with Crippen molar-refractivity contribution in [3.63, 3.8) is 0 Å². The molecule has 2 aliphatic heterocycles. The Hall–Kier alpha value is -2.82. The van der Waals surface area contributed by atoms with E-state index >= 15 is 0 Å². The summed E-state index contributed by atoms with van der Waals surface area (Å²) in [7, 11) is 0. The highest BCUT2D eigenvalue weighted by Crippen LogP contribution is 2.32. The molecule has 0 radical (unpaired) electrons. The summed E-state index contributed by atoms with van der Waals surface area (Å²) in [6.45, 7) is 0.881. The number of amides is 1. The summed E-state index contributed by atoms with van der Waals surface area (Å²) in [4.78, 5) is 26.6. The molecule has 2 aromatic carbocycles. The average molecular weight is 309 g/mol. The van der Waals surface area contributed by atoms with Gasteiger partial charge in [-0.1, -0.05) is 30.3 Å². The van der Waals surface area contributed by atoms with Crippen molar-refractivity contribution in [1.29, 1.82) is 0 Å². The summed E-state index contributed by atoms with van der Waals surface area (Å²) >= 11 is 0. The molecule has 4 rings (SSSR count). The number of fused-ring (bicyclic) bond motifs is 2. The largest absolute Gasteiger partial charge is 0.490 e. The Kier molecular flexibility index (Phi) is 3.26. The summed E-state index contributed by atoms with van der Waals surface area (Å²) in [5.74, 6) is 0.0324. The van der Waals surface area contributed by atoms with Crippen molar-refractivity contribution in [3.8, 4) is 5.75 Å². The zero-order valence-corrected chi connectivity index (χ0v) is 12.4. The molecule has 23 heavy (non-hydrogen) atoms. The Balaban J connectivity index is 1.63. The number of cyclic esters (lactones) is 1. The fourth-order valence-electron chi connectivity index (χ4n) is 3.04. The van der Waals surface area contributed by atoms with Gasteiger partial charge in [0, 0.05) is 6.42 Å². The molecule has 2 heterocycles. The van der Waals surface area contributed by atoms with E-state index in [4.69, 9.17) is 9.47 Å². The zero-order valence-electron chi connectivity index (χ0n) is 12.4. The number of nitrogens with zero attached hydrogens (tertiary/aromatic N) is 1. The van der Waals surface area contributed by atoms with Gasteiger partial charge < -0.3 is 14.4 Å². The van der Waals surface area contributed by atoms with Gasteiger partial charge in [-0.15, -0.1) is 0 Å². The minimum atomic E-state index is -0.788. The highest BCUT2D eigenvalue weighted by atomic mass is 16.5. The highest BCUT2D eigenvalue weighted by molar-refractivity contribution is 6.02. The van der Waals surface area contributed by atoms with Crippen LogP contribution in [-0.4, -0.2) is 31.1 Å². The first kappa shape index (κ1) is 13.8. The number of esters is 1. The molecule has 0 N–H and O–H groups in total. The van der Waals surface area contributed by atoms with E-state index in [-0.39, 0.29) is 5.91 Å². The van der Waals surface area contributed by atoms with Crippen molar-refractivity contribution in [2.75, 3.05) is 18.1 Å². The molecular weight excluding hydrogens is 294 g/mol. The van der Waals surface area contributed by atoms with Crippen LogP contribution in [0.4, 0.5) is 5.69 Å². The molecular formula is C18H15NO4. The maximum atomic E-state index is 12.9. The van der Waals surface area contributed by atoms with Crippen LogP contribution in [-0.2, 0) is 16.0 Å². The first-order valence-corrected chi connectivity index (χ1v) is 7.56. The van der Waals surface area contributed by atoms with Gasteiger partial charge in [-0.3, -0.25) is 4.79 Å². The third kappa shape index (κ3) is 2.34. The third-order valence-corrected chi connectivity index (χ3v) is 4.16. The smallest absolute Gasteiger partial charge is 0.339 e. The van der Waals surface area contributed by atoms with Crippen molar-refractivity contribution in [3.05, 3.63) is 59.7 Å². The lowest BCUT2D eigenvalue weighted by atomic mass is 9.98. The second-order valence-corrected chi connectivity index (χ2v) is 5.56. The summed E-state index contributed by atoms with van der Waals surface area (Å²) in [6, 6.07) is 14.6. The number of anilines is 1. The molecule has 116 valence electrons. The van der Waals surface area contributed by atoms with Crippen molar-refractivity contribution >= 4 is 17.6 Å². The Morgan fingerprint density at radius 1 is 1.09 bits per heavy atom. The Bertz CT molecular complexity index is 786. The molecule has 0 aromatic heterocycles. The molecule has 0 aliphatic carbocycles. The lowest BCUT2D eigenvalue weighted by molar-refractivity contribution is -0.127. The molecule has 0 spiro atoms. The summed E-state index contributed by atoms with van der Waals surface area (Å²) in [5.41, 5.74) is 2.11. The topological polar surface area (TPSA) is 55.8 Å². The Labute approximate surface area is 133 Å². The zero-order chi connectivity index (χ0) is 15.8. The van der Waals surface area contributed by atoms with E-state index in [2.05, 4.69) is 0 Å². The maximum absolute atomic E-state index is 12.9. The van der Waals surface area contributed by atoms with Gasteiger partial charge in [0.15, 0.2) is 6.10 Å². The Morgan fingerprint density at radius 2 is 1.87 bits per heavy atom. The van der Waals surface area contributed by atoms with Crippen LogP contribution in [0.2, 0.25) is 0 Å². The normalized spacial score (nSPS) is 19.2. The average Bonchev–Trinajstić information content (AvgIpc) is 2.60. The van der Waals surface area contributed by atoms with E-state index in [1.54, 1.807) is 17.0 Å². The van der Waals surface area contributed by atoms with Crippen LogP contribution in [0.15, 0.2) is 48.5 Å². The second kappa shape index (κ2) is 5.43. The van der Waals surface area contributed by atoms with Crippen molar-refractivity contribution < 1.29 is 19.1 Å². The van der Waals surface area contributed by atoms with Crippen LogP contribution in [0.5, 0.6) is 5.75 Å². The molecule has 5 nitrogen and oxygen atoms in total. The van der Waals surface area contributed by atoms with Crippen LogP contribution in [0, 0.1) is 0 Å². The van der Waals surface area contributed by atoms with Gasteiger partial charge in [-0.25, -0.2) is 4.79 Å². The molecule has 0 saturated heterocycles.